The molecule has 0 fully saturated rings. The van der Waals surface area contributed by atoms with Crippen molar-refractivity contribution < 1.29 is 13.1 Å². The minimum atomic E-state index is 0. The summed E-state index contributed by atoms with van der Waals surface area (Å²) in [6, 6.07) is 8.71. The first-order valence-electron chi connectivity index (χ1n) is 6.66. The molecule has 0 saturated heterocycles. The molecule has 2 nitrogen and oxygen atoms in total. The number of aliphatic hydroxyl groups is 1. The second-order valence-corrected chi connectivity index (χ2v) is 4.18. The van der Waals surface area contributed by atoms with Crippen LogP contribution in [0.5, 0.6) is 5.75 Å². The van der Waals surface area contributed by atoms with Gasteiger partial charge in [0, 0.05) is 6.61 Å². The molecular formula is C15H28O2Sr. The van der Waals surface area contributed by atoms with Gasteiger partial charge >= 0.3 is 45.5 Å². The van der Waals surface area contributed by atoms with E-state index < -0.39 is 0 Å². The van der Waals surface area contributed by atoms with E-state index in [2.05, 4.69) is 6.92 Å². The average Bonchev–Trinajstić information content (AvgIpc) is 2.35. The van der Waals surface area contributed by atoms with E-state index in [4.69, 9.17) is 10.2 Å². The number of phenols is 1. The summed E-state index contributed by atoms with van der Waals surface area (Å²) in [7, 11) is 0. The first kappa shape index (κ1) is 20.8. The average molecular weight is 328 g/mol. The van der Waals surface area contributed by atoms with E-state index in [1.54, 1.807) is 24.3 Å². The van der Waals surface area contributed by atoms with E-state index >= 15 is 0 Å². The smallest absolute Gasteiger partial charge is 1.00 e. The van der Waals surface area contributed by atoms with Gasteiger partial charge in [-0.2, -0.15) is 0 Å². The number of hydrogen-bond donors (Lipinski definition) is 2. The fourth-order valence-corrected chi connectivity index (χ4v) is 1.50. The predicted octanol–water partition coefficient (Wildman–Crippen LogP) is 3.97. The summed E-state index contributed by atoms with van der Waals surface area (Å²) in [5.41, 5.74) is 0. The number of aliphatic hydroxyl groups excluding tert-OH is 1. The van der Waals surface area contributed by atoms with Gasteiger partial charge in [-0.25, -0.2) is 0 Å². The van der Waals surface area contributed by atoms with Crippen molar-refractivity contribution in [1.29, 1.82) is 0 Å². The van der Waals surface area contributed by atoms with Gasteiger partial charge in [-0.1, -0.05) is 63.6 Å². The Labute approximate surface area is 152 Å². The molecule has 2 N–H and O–H groups in total. The third kappa shape index (κ3) is 16.5. The molecule has 0 spiro atoms. The number of hydrogen-bond acceptors (Lipinski definition) is 2. The van der Waals surface area contributed by atoms with Crippen LogP contribution in [0.25, 0.3) is 0 Å². The standard InChI is InChI=1S/C9H20O.C6H6O.Sr.2H/c1-2-3-4-5-6-7-8-9-10;7-6-4-2-1-3-5-6;;;/h10H,2-9H2,1H3;1-5,7H;;;/q;;+2;2*-1. The molecule has 1 aromatic rings. The van der Waals surface area contributed by atoms with E-state index in [-0.39, 0.29) is 48.3 Å². The van der Waals surface area contributed by atoms with Crippen molar-refractivity contribution >= 4 is 45.5 Å². The maximum absolute atomic E-state index is 8.63. The van der Waals surface area contributed by atoms with Crippen molar-refractivity contribution in [3.05, 3.63) is 30.3 Å². The van der Waals surface area contributed by atoms with Gasteiger partial charge in [-0.3, -0.25) is 0 Å². The van der Waals surface area contributed by atoms with Crippen molar-refractivity contribution in [2.24, 2.45) is 0 Å². The van der Waals surface area contributed by atoms with Crippen LogP contribution >= 0.6 is 0 Å². The minimum absolute atomic E-state index is 0. The maximum Gasteiger partial charge on any atom is 2.00 e. The molecule has 0 bridgehead atoms. The van der Waals surface area contributed by atoms with Gasteiger partial charge in [0.25, 0.3) is 0 Å². The zero-order valence-electron chi connectivity index (χ0n) is 13.6. The van der Waals surface area contributed by atoms with Crippen molar-refractivity contribution in [3.63, 3.8) is 0 Å². The van der Waals surface area contributed by atoms with Crippen molar-refractivity contribution in [3.8, 4) is 5.75 Å². The summed E-state index contributed by atoms with van der Waals surface area (Å²) in [5.74, 6) is 0.322. The fourth-order valence-electron chi connectivity index (χ4n) is 1.50. The zero-order valence-corrected chi connectivity index (χ0v) is 15.1. The molecule has 0 aliphatic rings. The van der Waals surface area contributed by atoms with Crippen molar-refractivity contribution in [2.45, 2.75) is 51.9 Å². The van der Waals surface area contributed by atoms with Crippen LogP contribution in [0.1, 0.15) is 54.7 Å². The van der Waals surface area contributed by atoms with Crippen LogP contribution in [-0.2, 0) is 0 Å². The molecular weight excluding hydrogens is 300 g/mol. The molecule has 1 aromatic carbocycles. The van der Waals surface area contributed by atoms with Gasteiger partial charge in [0.15, 0.2) is 0 Å². The monoisotopic (exact) mass is 328 g/mol. The zero-order chi connectivity index (χ0) is 12.8. The normalized spacial score (nSPS) is 9.00. The van der Waals surface area contributed by atoms with Gasteiger partial charge in [0.2, 0.25) is 0 Å². The Morgan fingerprint density at radius 3 is 1.78 bits per heavy atom. The third-order valence-electron chi connectivity index (χ3n) is 2.52. The second-order valence-electron chi connectivity index (χ2n) is 4.18. The Balaban J connectivity index is -0.000000115. The predicted molar refractivity (Wildman–Crippen MR) is 81.2 cm³/mol. The summed E-state index contributed by atoms with van der Waals surface area (Å²) in [6.45, 7) is 2.60. The molecule has 0 heterocycles. The number of benzene rings is 1. The van der Waals surface area contributed by atoms with Gasteiger partial charge in [0.1, 0.15) is 5.75 Å². The Kier molecular flexibility index (Phi) is 20.1. The van der Waals surface area contributed by atoms with Crippen LogP contribution in [0, 0.1) is 0 Å². The first-order chi connectivity index (χ1) is 8.31. The van der Waals surface area contributed by atoms with Gasteiger partial charge < -0.3 is 13.1 Å². The van der Waals surface area contributed by atoms with Gasteiger partial charge in [0.05, 0.1) is 0 Å². The number of unbranched alkanes of at least 4 members (excludes halogenated alkanes) is 6. The van der Waals surface area contributed by atoms with Crippen molar-refractivity contribution in [2.75, 3.05) is 6.61 Å². The van der Waals surface area contributed by atoms with Gasteiger partial charge in [-0.15, -0.1) is 0 Å². The molecule has 0 unspecified atom stereocenters. The van der Waals surface area contributed by atoms with E-state index in [1.165, 1.54) is 38.5 Å². The van der Waals surface area contributed by atoms with Crippen molar-refractivity contribution in [1.82, 2.24) is 0 Å². The summed E-state index contributed by atoms with van der Waals surface area (Å²) in [4.78, 5) is 0. The number of aromatic hydroxyl groups is 1. The molecule has 102 valence electrons. The molecule has 0 atom stereocenters. The van der Waals surface area contributed by atoms with E-state index in [0.717, 1.165) is 6.42 Å². The minimum Gasteiger partial charge on any atom is -1.00 e. The summed E-state index contributed by atoms with van der Waals surface area (Å²) in [5, 5.41) is 17.1. The molecule has 0 saturated carbocycles. The Morgan fingerprint density at radius 1 is 0.889 bits per heavy atom. The molecule has 0 radical (unpaired) electrons. The topological polar surface area (TPSA) is 40.5 Å². The summed E-state index contributed by atoms with van der Waals surface area (Å²) in [6.07, 6.45) is 8.93. The molecule has 0 aliphatic carbocycles. The molecule has 0 aromatic heterocycles. The molecule has 0 aliphatic heterocycles. The molecule has 1 rings (SSSR count). The molecule has 18 heavy (non-hydrogen) atoms. The number of para-hydroxylation sites is 1. The van der Waals surface area contributed by atoms with Crippen LogP contribution in [0.4, 0.5) is 0 Å². The van der Waals surface area contributed by atoms with E-state index in [1.807, 2.05) is 6.07 Å². The first-order valence-corrected chi connectivity index (χ1v) is 6.66. The fraction of sp³-hybridized carbons (Fsp3) is 0.600. The SMILES string of the molecule is CCCCCCCCCO.Oc1ccccc1.[H-].[H-].[Sr+2]. The van der Waals surface area contributed by atoms with Crippen LogP contribution in [0.3, 0.4) is 0 Å². The van der Waals surface area contributed by atoms with E-state index in [9.17, 15) is 0 Å². The third-order valence-corrected chi connectivity index (χ3v) is 2.52. The summed E-state index contributed by atoms with van der Waals surface area (Å²) >= 11 is 0. The molecule has 0 amide bonds. The maximum atomic E-state index is 8.63. The van der Waals surface area contributed by atoms with E-state index in [0.29, 0.717) is 12.4 Å². The summed E-state index contributed by atoms with van der Waals surface area (Å²) < 4.78 is 0. The Morgan fingerprint density at radius 2 is 1.39 bits per heavy atom. The molecule has 3 heteroatoms. The van der Waals surface area contributed by atoms with Crippen LogP contribution in [0.15, 0.2) is 30.3 Å². The largest absolute Gasteiger partial charge is 2.00 e. The van der Waals surface area contributed by atoms with Crippen LogP contribution in [0.2, 0.25) is 0 Å². The second kappa shape index (κ2) is 17.5. The number of rotatable bonds is 7. The van der Waals surface area contributed by atoms with Crippen LogP contribution < -0.4 is 0 Å². The van der Waals surface area contributed by atoms with Gasteiger partial charge in [-0.05, 0) is 18.6 Å². The number of phenolic OH excluding ortho intramolecular Hbond substituents is 1. The Bertz CT molecular complexity index is 241. The van der Waals surface area contributed by atoms with Crippen LogP contribution in [-0.4, -0.2) is 62.3 Å². The Hall–Kier alpha value is 0.461. The quantitative estimate of drug-likeness (QED) is 0.587.